The van der Waals surface area contributed by atoms with Crippen molar-refractivity contribution < 1.29 is 18.0 Å². The number of aryl methyl sites for hydroxylation is 1. The predicted octanol–water partition coefficient (Wildman–Crippen LogP) is 5.82. The standard InChI is InChI=1S/C31H38ClN3O4S/c1-5-23(4)33-31(37)29(7-3)34(21-25-13-11-12-16-28(25)32)30(36)22-35(26-19-17-24(6-2)18-20-26)40(38,39)27-14-9-8-10-15-27/h8-20,23,29H,5-7,21-22H2,1-4H3,(H,33,37)/t23-,29+/m0/s1. The van der Waals surface area contributed by atoms with Gasteiger partial charge in [-0.1, -0.05) is 80.9 Å². The van der Waals surface area contributed by atoms with Gasteiger partial charge in [0.1, 0.15) is 12.6 Å². The minimum Gasteiger partial charge on any atom is -0.352 e. The summed E-state index contributed by atoms with van der Waals surface area (Å²) >= 11 is 6.45. The molecule has 0 fully saturated rings. The number of amides is 2. The Balaban J connectivity index is 2.06. The molecule has 40 heavy (non-hydrogen) atoms. The zero-order valence-electron chi connectivity index (χ0n) is 23.5. The number of carbonyl (C=O) groups is 2. The normalized spacial score (nSPS) is 12.8. The molecule has 0 aliphatic rings. The van der Waals surface area contributed by atoms with Crippen LogP contribution in [0.2, 0.25) is 5.02 Å². The summed E-state index contributed by atoms with van der Waals surface area (Å²) in [5.74, 6) is -0.799. The molecule has 3 aromatic rings. The number of hydrogen-bond acceptors (Lipinski definition) is 4. The van der Waals surface area contributed by atoms with E-state index >= 15 is 0 Å². The quantitative estimate of drug-likeness (QED) is 0.275. The molecule has 0 aliphatic heterocycles. The second-order valence-electron chi connectivity index (χ2n) is 9.70. The van der Waals surface area contributed by atoms with Crippen LogP contribution in [-0.4, -0.2) is 43.8 Å². The fourth-order valence-electron chi connectivity index (χ4n) is 4.32. The summed E-state index contributed by atoms with van der Waals surface area (Å²) < 4.78 is 28.9. The first-order valence-corrected chi connectivity index (χ1v) is 15.4. The van der Waals surface area contributed by atoms with E-state index < -0.39 is 28.5 Å². The van der Waals surface area contributed by atoms with E-state index in [1.807, 2.05) is 45.9 Å². The highest BCUT2D eigenvalue weighted by atomic mass is 35.5. The molecule has 2 amide bonds. The molecule has 2 atom stereocenters. The minimum absolute atomic E-state index is 0.0545. The molecular weight excluding hydrogens is 546 g/mol. The fourth-order valence-corrected chi connectivity index (χ4v) is 5.95. The molecule has 214 valence electrons. The van der Waals surface area contributed by atoms with Gasteiger partial charge in [-0.15, -0.1) is 0 Å². The van der Waals surface area contributed by atoms with Crippen molar-refractivity contribution in [1.29, 1.82) is 0 Å². The van der Waals surface area contributed by atoms with E-state index in [9.17, 15) is 18.0 Å². The van der Waals surface area contributed by atoms with Crippen LogP contribution in [-0.2, 0) is 32.6 Å². The van der Waals surface area contributed by atoms with Crippen molar-refractivity contribution in [3.8, 4) is 0 Å². The van der Waals surface area contributed by atoms with Crippen molar-refractivity contribution in [2.45, 2.75) is 70.5 Å². The molecule has 0 unspecified atom stereocenters. The highest BCUT2D eigenvalue weighted by molar-refractivity contribution is 7.92. The monoisotopic (exact) mass is 583 g/mol. The van der Waals surface area contributed by atoms with Crippen LogP contribution in [0, 0.1) is 0 Å². The Kier molecular flexibility index (Phi) is 11.2. The Bertz CT molecular complexity index is 1380. The first kappa shape index (κ1) is 31.2. The molecule has 3 aromatic carbocycles. The molecule has 0 saturated heterocycles. The molecule has 0 aromatic heterocycles. The van der Waals surface area contributed by atoms with Crippen LogP contribution in [0.5, 0.6) is 0 Å². The maximum absolute atomic E-state index is 14.1. The third-order valence-electron chi connectivity index (χ3n) is 6.93. The van der Waals surface area contributed by atoms with Crippen LogP contribution < -0.4 is 9.62 Å². The first-order valence-electron chi connectivity index (χ1n) is 13.6. The summed E-state index contributed by atoms with van der Waals surface area (Å²) in [4.78, 5) is 28.9. The molecule has 1 N–H and O–H groups in total. The first-order chi connectivity index (χ1) is 19.1. The lowest BCUT2D eigenvalue weighted by Gasteiger charge is -2.34. The van der Waals surface area contributed by atoms with Crippen LogP contribution in [0.3, 0.4) is 0 Å². The van der Waals surface area contributed by atoms with Gasteiger partial charge in [-0.3, -0.25) is 13.9 Å². The van der Waals surface area contributed by atoms with Crippen molar-refractivity contribution >= 4 is 39.1 Å². The van der Waals surface area contributed by atoms with Gasteiger partial charge in [-0.05, 0) is 67.6 Å². The van der Waals surface area contributed by atoms with E-state index in [0.29, 0.717) is 22.7 Å². The van der Waals surface area contributed by atoms with E-state index in [1.165, 1.54) is 17.0 Å². The average molecular weight is 584 g/mol. The number of sulfonamides is 1. The van der Waals surface area contributed by atoms with Gasteiger partial charge in [0.15, 0.2) is 0 Å². The van der Waals surface area contributed by atoms with Gasteiger partial charge < -0.3 is 10.2 Å². The van der Waals surface area contributed by atoms with Crippen LogP contribution in [0.15, 0.2) is 83.8 Å². The molecule has 7 nitrogen and oxygen atoms in total. The Labute approximate surface area is 243 Å². The lowest BCUT2D eigenvalue weighted by atomic mass is 10.1. The second kappa shape index (κ2) is 14.3. The summed E-state index contributed by atoms with van der Waals surface area (Å²) in [6, 6.07) is 21.4. The number of nitrogens with zero attached hydrogens (tertiary/aromatic N) is 2. The number of halogens is 1. The van der Waals surface area contributed by atoms with E-state index in [4.69, 9.17) is 11.6 Å². The van der Waals surface area contributed by atoms with Crippen molar-refractivity contribution in [3.05, 3.63) is 95.0 Å². The number of anilines is 1. The third-order valence-corrected chi connectivity index (χ3v) is 9.08. The summed E-state index contributed by atoms with van der Waals surface area (Å²) in [6.07, 6.45) is 1.87. The molecule has 0 bridgehead atoms. The zero-order valence-corrected chi connectivity index (χ0v) is 25.1. The zero-order chi connectivity index (χ0) is 29.3. The maximum atomic E-state index is 14.1. The SMILES string of the molecule is CCc1ccc(N(CC(=O)N(Cc2ccccc2Cl)[C@H](CC)C(=O)N[C@@H](C)CC)S(=O)(=O)c2ccccc2)cc1. The van der Waals surface area contributed by atoms with Crippen molar-refractivity contribution in [1.82, 2.24) is 10.2 Å². The second-order valence-corrected chi connectivity index (χ2v) is 12.0. The number of benzene rings is 3. The minimum atomic E-state index is -4.10. The Morgan fingerprint density at radius 2 is 1.50 bits per heavy atom. The van der Waals surface area contributed by atoms with Gasteiger partial charge >= 0.3 is 0 Å². The topological polar surface area (TPSA) is 86.8 Å². The summed E-state index contributed by atoms with van der Waals surface area (Å²) in [5.41, 5.74) is 2.07. The van der Waals surface area contributed by atoms with Gasteiger partial charge in [0.05, 0.1) is 10.6 Å². The molecule has 0 spiro atoms. The Morgan fingerprint density at radius 3 is 2.08 bits per heavy atom. The predicted molar refractivity (Wildman–Crippen MR) is 161 cm³/mol. The molecular formula is C31H38ClN3O4S. The van der Waals surface area contributed by atoms with Crippen LogP contribution >= 0.6 is 11.6 Å². The smallest absolute Gasteiger partial charge is 0.264 e. The highest BCUT2D eigenvalue weighted by Gasteiger charge is 2.34. The van der Waals surface area contributed by atoms with Gasteiger partial charge in [0, 0.05) is 17.6 Å². The molecule has 0 aliphatic carbocycles. The van der Waals surface area contributed by atoms with E-state index in [0.717, 1.165) is 22.7 Å². The maximum Gasteiger partial charge on any atom is 0.264 e. The van der Waals surface area contributed by atoms with Crippen molar-refractivity contribution in [2.75, 3.05) is 10.8 Å². The summed E-state index contributed by atoms with van der Waals surface area (Å²) in [5, 5.41) is 3.43. The number of carbonyl (C=O) groups excluding carboxylic acids is 2. The van der Waals surface area contributed by atoms with Gasteiger partial charge in [-0.25, -0.2) is 8.42 Å². The van der Waals surface area contributed by atoms with Gasteiger partial charge in [-0.2, -0.15) is 0 Å². The van der Waals surface area contributed by atoms with Crippen LogP contribution in [0.4, 0.5) is 5.69 Å². The molecule has 0 saturated carbocycles. The average Bonchev–Trinajstić information content (AvgIpc) is 2.97. The van der Waals surface area contributed by atoms with Crippen molar-refractivity contribution in [3.63, 3.8) is 0 Å². The van der Waals surface area contributed by atoms with Crippen LogP contribution in [0.1, 0.15) is 51.7 Å². The van der Waals surface area contributed by atoms with E-state index in [2.05, 4.69) is 5.32 Å². The van der Waals surface area contributed by atoms with E-state index in [1.54, 1.807) is 48.5 Å². The van der Waals surface area contributed by atoms with Gasteiger partial charge in [0.2, 0.25) is 11.8 Å². The summed E-state index contributed by atoms with van der Waals surface area (Å²) in [6.45, 7) is 7.28. The Hall–Kier alpha value is -3.36. The molecule has 0 radical (unpaired) electrons. The van der Waals surface area contributed by atoms with Crippen LogP contribution in [0.25, 0.3) is 0 Å². The summed E-state index contributed by atoms with van der Waals surface area (Å²) in [7, 11) is -4.10. The molecule has 9 heteroatoms. The lowest BCUT2D eigenvalue weighted by Crippen LogP contribution is -2.53. The third kappa shape index (κ3) is 7.64. The Morgan fingerprint density at radius 1 is 0.875 bits per heavy atom. The number of hydrogen-bond donors (Lipinski definition) is 1. The molecule has 3 rings (SSSR count). The number of nitrogens with one attached hydrogen (secondary N) is 1. The molecule has 0 heterocycles. The largest absolute Gasteiger partial charge is 0.352 e. The number of rotatable bonds is 13. The van der Waals surface area contributed by atoms with E-state index in [-0.39, 0.29) is 23.4 Å². The van der Waals surface area contributed by atoms with Crippen molar-refractivity contribution in [2.24, 2.45) is 0 Å². The van der Waals surface area contributed by atoms with Gasteiger partial charge in [0.25, 0.3) is 10.0 Å². The fraction of sp³-hybridized carbons (Fsp3) is 0.355. The highest BCUT2D eigenvalue weighted by Crippen LogP contribution is 2.26. The lowest BCUT2D eigenvalue weighted by molar-refractivity contribution is -0.140.